The lowest BCUT2D eigenvalue weighted by Crippen LogP contribution is -2.20. The van der Waals surface area contributed by atoms with E-state index in [2.05, 4.69) is 13.8 Å². The standard InChI is InChI=1S/C16H32O3/c1-4-6-8-9-10-11-12-13-16(19-15(3)17)18-14-7-5-2/h16H,4-14H2,1-3H3. The first-order chi connectivity index (χ1) is 9.20. The van der Waals surface area contributed by atoms with Gasteiger partial charge in [0.2, 0.25) is 6.29 Å². The molecule has 3 heteroatoms. The minimum atomic E-state index is -0.334. The highest BCUT2D eigenvalue weighted by Crippen LogP contribution is 2.12. The zero-order chi connectivity index (χ0) is 14.3. The maximum Gasteiger partial charge on any atom is 0.304 e. The Morgan fingerprint density at radius 3 is 2.05 bits per heavy atom. The molecule has 0 fully saturated rings. The zero-order valence-electron chi connectivity index (χ0n) is 13.1. The van der Waals surface area contributed by atoms with Crippen LogP contribution in [0.15, 0.2) is 0 Å². The number of hydrogen-bond donors (Lipinski definition) is 0. The van der Waals surface area contributed by atoms with Crippen molar-refractivity contribution in [3.63, 3.8) is 0 Å². The summed E-state index contributed by atoms with van der Waals surface area (Å²) < 4.78 is 10.8. The molecule has 3 nitrogen and oxygen atoms in total. The number of esters is 1. The van der Waals surface area contributed by atoms with Crippen molar-refractivity contribution in [2.24, 2.45) is 0 Å². The quantitative estimate of drug-likeness (QED) is 0.273. The lowest BCUT2D eigenvalue weighted by Gasteiger charge is -2.17. The molecule has 0 spiro atoms. The molecular weight excluding hydrogens is 240 g/mol. The summed E-state index contributed by atoms with van der Waals surface area (Å²) in [5, 5.41) is 0. The Morgan fingerprint density at radius 2 is 1.47 bits per heavy atom. The Labute approximate surface area is 119 Å². The van der Waals surface area contributed by atoms with E-state index in [4.69, 9.17) is 9.47 Å². The molecule has 0 aromatic carbocycles. The van der Waals surface area contributed by atoms with E-state index in [9.17, 15) is 4.79 Å². The molecule has 0 amide bonds. The van der Waals surface area contributed by atoms with Crippen molar-refractivity contribution >= 4 is 5.97 Å². The van der Waals surface area contributed by atoms with Gasteiger partial charge in [-0.25, -0.2) is 0 Å². The molecule has 0 saturated heterocycles. The zero-order valence-corrected chi connectivity index (χ0v) is 13.1. The van der Waals surface area contributed by atoms with E-state index >= 15 is 0 Å². The summed E-state index contributed by atoms with van der Waals surface area (Å²) in [6.45, 7) is 6.49. The van der Waals surface area contributed by atoms with Crippen molar-refractivity contribution in [2.75, 3.05) is 6.61 Å². The number of hydrogen-bond acceptors (Lipinski definition) is 3. The molecule has 0 bridgehead atoms. The van der Waals surface area contributed by atoms with E-state index in [0.717, 1.165) is 25.7 Å². The molecule has 0 saturated carbocycles. The second-order valence-corrected chi connectivity index (χ2v) is 5.17. The smallest absolute Gasteiger partial charge is 0.304 e. The number of unbranched alkanes of at least 4 members (excludes halogenated alkanes) is 7. The molecular formula is C16H32O3. The van der Waals surface area contributed by atoms with Crippen LogP contribution < -0.4 is 0 Å². The number of rotatable bonds is 13. The van der Waals surface area contributed by atoms with Crippen LogP contribution in [-0.4, -0.2) is 18.9 Å². The van der Waals surface area contributed by atoms with Crippen LogP contribution in [0.2, 0.25) is 0 Å². The SMILES string of the molecule is CCCCCCCCCC(OCCCC)OC(C)=O. The lowest BCUT2D eigenvalue weighted by molar-refractivity contribution is -0.178. The Kier molecular flexibility index (Phi) is 13.4. The fourth-order valence-corrected chi connectivity index (χ4v) is 1.99. The highest BCUT2D eigenvalue weighted by atomic mass is 16.7. The molecule has 0 rings (SSSR count). The average molecular weight is 272 g/mol. The van der Waals surface area contributed by atoms with Crippen molar-refractivity contribution in [3.05, 3.63) is 0 Å². The monoisotopic (exact) mass is 272 g/mol. The summed E-state index contributed by atoms with van der Waals surface area (Å²) >= 11 is 0. The van der Waals surface area contributed by atoms with Gasteiger partial charge in [0.15, 0.2) is 0 Å². The molecule has 0 aromatic heterocycles. The second-order valence-electron chi connectivity index (χ2n) is 5.17. The van der Waals surface area contributed by atoms with Gasteiger partial charge in [0.05, 0.1) is 6.61 Å². The van der Waals surface area contributed by atoms with E-state index in [1.807, 2.05) is 0 Å². The summed E-state index contributed by atoms with van der Waals surface area (Å²) in [5.74, 6) is -0.246. The fraction of sp³-hybridized carbons (Fsp3) is 0.938. The first-order valence-corrected chi connectivity index (χ1v) is 7.99. The third kappa shape index (κ3) is 13.7. The van der Waals surface area contributed by atoms with Gasteiger partial charge in [0, 0.05) is 13.3 Å². The average Bonchev–Trinajstić information content (AvgIpc) is 2.37. The van der Waals surface area contributed by atoms with Gasteiger partial charge in [-0.1, -0.05) is 58.8 Å². The summed E-state index contributed by atoms with van der Waals surface area (Å²) in [6, 6.07) is 0. The third-order valence-corrected chi connectivity index (χ3v) is 3.14. The highest BCUT2D eigenvalue weighted by molar-refractivity contribution is 5.66. The van der Waals surface area contributed by atoms with Crippen LogP contribution in [-0.2, 0) is 14.3 Å². The van der Waals surface area contributed by atoms with Crippen molar-refractivity contribution in [2.45, 2.75) is 91.3 Å². The van der Waals surface area contributed by atoms with Crippen LogP contribution >= 0.6 is 0 Å². The minimum Gasteiger partial charge on any atom is -0.436 e. The molecule has 0 aliphatic heterocycles. The van der Waals surface area contributed by atoms with E-state index in [-0.39, 0.29) is 12.3 Å². The Bertz CT molecular complexity index is 204. The van der Waals surface area contributed by atoms with Crippen LogP contribution in [0, 0.1) is 0 Å². The topological polar surface area (TPSA) is 35.5 Å². The van der Waals surface area contributed by atoms with Crippen molar-refractivity contribution in [1.82, 2.24) is 0 Å². The van der Waals surface area contributed by atoms with Gasteiger partial charge in [0.25, 0.3) is 0 Å². The van der Waals surface area contributed by atoms with Crippen molar-refractivity contribution in [3.8, 4) is 0 Å². The van der Waals surface area contributed by atoms with Crippen LogP contribution in [0.3, 0.4) is 0 Å². The van der Waals surface area contributed by atoms with Gasteiger partial charge in [-0.15, -0.1) is 0 Å². The molecule has 1 atom stereocenters. The normalized spacial score (nSPS) is 12.4. The molecule has 0 heterocycles. The van der Waals surface area contributed by atoms with E-state index in [1.165, 1.54) is 45.4 Å². The molecule has 19 heavy (non-hydrogen) atoms. The van der Waals surface area contributed by atoms with Crippen LogP contribution in [0.5, 0.6) is 0 Å². The predicted molar refractivity (Wildman–Crippen MR) is 79.0 cm³/mol. The predicted octanol–water partition coefficient (Wildman–Crippen LogP) is 4.83. The van der Waals surface area contributed by atoms with Gasteiger partial charge in [-0.3, -0.25) is 4.79 Å². The maximum absolute atomic E-state index is 11.0. The largest absolute Gasteiger partial charge is 0.436 e. The Balaban J connectivity index is 3.58. The summed E-state index contributed by atoms with van der Waals surface area (Å²) in [5.41, 5.74) is 0. The maximum atomic E-state index is 11.0. The van der Waals surface area contributed by atoms with Gasteiger partial charge in [0.1, 0.15) is 0 Å². The van der Waals surface area contributed by atoms with Gasteiger partial charge < -0.3 is 9.47 Å². The molecule has 0 radical (unpaired) electrons. The van der Waals surface area contributed by atoms with Crippen LogP contribution in [0.1, 0.15) is 85.0 Å². The Hall–Kier alpha value is -0.570. The third-order valence-electron chi connectivity index (χ3n) is 3.14. The van der Waals surface area contributed by atoms with Gasteiger partial charge in [-0.2, -0.15) is 0 Å². The first-order valence-electron chi connectivity index (χ1n) is 7.99. The number of carbonyl (C=O) groups is 1. The summed E-state index contributed by atoms with van der Waals surface area (Å²) in [4.78, 5) is 11.0. The van der Waals surface area contributed by atoms with Crippen LogP contribution in [0.4, 0.5) is 0 Å². The molecule has 0 N–H and O–H groups in total. The summed E-state index contributed by atoms with van der Waals surface area (Å²) in [6.07, 6.45) is 11.5. The van der Waals surface area contributed by atoms with Crippen molar-refractivity contribution < 1.29 is 14.3 Å². The van der Waals surface area contributed by atoms with Gasteiger partial charge >= 0.3 is 5.97 Å². The first kappa shape index (κ1) is 18.4. The highest BCUT2D eigenvalue weighted by Gasteiger charge is 2.11. The molecule has 0 aliphatic carbocycles. The number of ether oxygens (including phenoxy) is 2. The molecule has 114 valence electrons. The van der Waals surface area contributed by atoms with Gasteiger partial charge in [-0.05, 0) is 12.8 Å². The lowest BCUT2D eigenvalue weighted by atomic mass is 10.1. The van der Waals surface area contributed by atoms with Crippen molar-refractivity contribution in [1.29, 1.82) is 0 Å². The van der Waals surface area contributed by atoms with E-state index in [1.54, 1.807) is 0 Å². The fourth-order valence-electron chi connectivity index (χ4n) is 1.99. The van der Waals surface area contributed by atoms with Crippen LogP contribution in [0.25, 0.3) is 0 Å². The van der Waals surface area contributed by atoms with E-state index in [0.29, 0.717) is 6.61 Å². The second kappa shape index (κ2) is 13.9. The van der Waals surface area contributed by atoms with E-state index < -0.39 is 0 Å². The Morgan fingerprint density at radius 1 is 0.895 bits per heavy atom. The molecule has 0 aromatic rings. The number of carbonyl (C=O) groups excluding carboxylic acids is 1. The summed E-state index contributed by atoms with van der Waals surface area (Å²) in [7, 11) is 0. The molecule has 1 unspecified atom stereocenters. The minimum absolute atomic E-state index is 0.246. The molecule has 0 aliphatic rings.